The van der Waals surface area contributed by atoms with Crippen LogP contribution in [0.5, 0.6) is 0 Å². The number of aliphatic hydroxyl groups excluding tert-OH is 1. The fraction of sp³-hybridized carbons (Fsp3) is 0.444. The fourth-order valence-electron chi connectivity index (χ4n) is 1.86. The first-order chi connectivity index (χ1) is 10.8. The van der Waals surface area contributed by atoms with Gasteiger partial charge in [0, 0.05) is 6.20 Å². The van der Waals surface area contributed by atoms with Crippen LogP contribution in [0.25, 0.3) is 0 Å². The molecule has 1 amide bonds. The lowest BCUT2D eigenvalue weighted by Gasteiger charge is -2.22. The third-order valence-electron chi connectivity index (χ3n) is 3.60. The molecule has 0 spiro atoms. The van der Waals surface area contributed by atoms with Crippen LogP contribution in [-0.2, 0) is 11.2 Å². The van der Waals surface area contributed by atoms with E-state index < -0.39 is 11.4 Å². The number of carbonyl (C=O) groups excluding carboxylic acids is 1. The van der Waals surface area contributed by atoms with E-state index in [2.05, 4.69) is 17.6 Å². The van der Waals surface area contributed by atoms with Gasteiger partial charge in [-0.15, -0.1) is 0 Å². The van der Waals surface area contributed by atoms with E-state index in [0.717, 1.165) is 12.0 Å². The van der Waals surface area contributed by atoms with Crippen molar-refractivity contribution in [2.75, 3.05) is 6.61 Å². The molecular formula is C18H25N3O2. The predicted molar refractivity (Wildman–Crippen MR) is 90.4 cm³/mol. The molecule has 0 saturated heterocycles. The Morgan fingerprint density at radius 2 is 2.00 bits per heavy atom. The first kappa shape index (κ1) is 18.7. The Bertz CT molecular complexity index is 598. The number of nitrogens with one attached hydrogen (secondary N) is 2. The number of nitrogens with zero attached hydrogens (tertiary/aromatic N) is 1. The van der Waals surface area contributed by atoms with Crippen LogP contribution in [-0.4, -0.2) is 23.2 Å². The summed E-state index contributed by atoms with van der Waals surface area (Å²) in [7, 11) is 0. The first-order valence-corrected chi connectivity index (χ1v) is 7.71. The summed E-state index contributed by atoms with van der Waals surface area (Å²) in [6.45, 7) is 7.40. The monoisotopic (exact) mass is 315 g/mol. The first-order valence-electron chi connectivity index (χ1n) is 7.71. The van der Waals surface area contributed by atoms with E-state index in [4.69, 9.17) is 5.26 Å². The van der Waals surface area contributed by atoms with Crippen LogP contribution in [0.15, 0.2) is 36.0 Å². The minimum absolute atomic E-state index is 0.0245. The standard InChI is InChI=1S/C18H25N3O2/c1-5-14-6-8-15(9-7-14)13(2)21-17(23)16(10-19)11-20-18(3,4)12-22/h6-9,11,13,20,22H,5,12H2,1-4H3,(H,21,23)/b16-11-. The second-order valence-electron chi connectivity index (χ2n) is 6.15. The van der Waals surface area contributed by atoms with Crippen LogP contribution in [0.3, 0.4) is 0 Å². The van der Waals surface area contributed by atoms with E-state index in [1.165, 1.54) is 11.8 Å². The normalized spacial score (nSPS) is 13.1. The van der Waals surface area contributed by atoms with Crippen molar-refractivity contribution in [2.45, 2.75) is 45.7 Å². The number of benzene rings is 1. The van der Waals surface area contributed by atoms with Crippen molar-refractivity contribution >= 4 is 5.91 Å². The number of rotatable bonds is 7. The van der Waals surface area contributed by atoms with Gasteiger partial charge in [0.2, 0.25) is 0 Å². The molecular weight excluding hydrogens is 290 g/mol. The highest BCUT2D eigenvalue weighted by atomic mass is 16.3. The van der Waals surface area contributed by atoms with E-state index in [1.54, 1.807) is 13.8 Å². The summed E-state index contributed by atoms with van der Waals surface area (Å²) < 4.78 is 0. The Labute approximate surface area is 138 Å². The summed E-state index contributed by atoms with van der Waals surface area (Å²) in [5, 5.41) is 24.0. The zero-order valence-electron chi connectivity index (χ0n) is 14.2. The molecule has 0 bridgehead atoms. The van der Waals surface area contributed by atoms with E-state index in [1.807, 2.05) is 37.3 Å². The van der Waals surface area contributed by atoms with Gasteiger partial charge in [-0.3, -0.25) is 4.79 Å². The van der Waals surface area contributed by atoms with Crippen molar-refractivity contribution in [1.82, 2.24) is 10.6 Å². The highest BCUT2D eigenvalue weighted by Crippen LogP contribution is 2.14. The Morgan fingerprint density at radius 1 is 1.39 bits per heavy atom. The summed E-state index contributed by atoms with van der Waals surface area (Å²) in [4.78, 5) is 12.2. The number of hydrogen-bond acceptors (Lipinski definition) is 4. The van der Waals surface area contributed by atoms with E-state index in [-0.39, 0.29) is 18.2 Å². The average Bonchev–Trinajstić information content (AvgIpc) is 2.55. The Hall–Kier alpha value is -2.32. The van der Waals surface area contributed by atoms with Gasteiger partial charge in [0.05, 0.1) is 18.2 Å². The molecule has 5 nitrogen and oxygen atoms in total. The molecule has 0 saturated carbocycles. The molecule has 1 rings (SSSR count). The molecule has 0 radical (unpaired) electrons. The lowest BCUT2D eigenvalue weighted by Crippen LogP contribution is -2.40. The van der Waals surface area contributed by atoms with Crippen LogP contribution < -0.4 is 10.6 Å². The minimum Gasteiger partial charge on any atom is -0.394 e. The van der Waals surface area contributed by atoms with Crippen molar-refractivity contribution in [2.24, 2.45) is 0 Å². The van der Waals surface area contributed by atoms with Gasteiger partial charge in [0.1, 0.15) is 11.6 Å². The Morgan fingerprint density at radius 3 is 2.48 bits per heavy atom. The molecule has 0 aromatic heterocycles. The fourth-order valence-corrected chi connectivity index (χ4v) is 1.86. The smallest absolute Gasteiger partial charge is 0.263 e. The van der Waals surface area contributed by atoms with Gasteiger partial charge >= 0.3 is 0 Å². The summed E-state index contributed by atoms with van der Waals surface area (Å²) in [5.74, 6) is -0.444. The van der Waals surface area contributed by atoms with Crippen molar-refractivity contribution in [1.29, 1.82) is 5.26 Å². The van der Waals surface area contributed by atoms with Gasteiger partial charge in [0.15, 0.2) is 0 Å². The lowest BCUT2D eigenvalue weighted by molar-refractivity contribution is -0.117. The zero-order chi connectivity index (χ0) is 17.5. The number of aryl methyl sites for hydroxylation is 1. The molecule has 5 heteroatoms. The number of amides is 1. The van der Waals surface area contributed by atoms with Gasteiger partial charge in [0.25, 0.3) is 5.91 Å². The maximum atomic E-state index is 12.2. The molecule has 124 valence electrons. The quantitative estimate of drug-likeness (QED) is 0.532. The van der Waals surface area contributed by atoms with Crippen LogP contribution >= 0.6 is 0 Å². The predicted octanol–water partition coefficient (Wildman–Crippen LogP) is 2.19. The minimum atomic E-state index is -0.593. The van der Waals surface area contributed by atoms with E-state index in [0.29, 0.717) is 0 Å². The summed E-state index contributed by atoms with van der Waals surface area (Å²) in [6, 6.07) is 9.70. The highest BCUT2D eigenvalue weighted by molar-refractivity contribution is 5.97. The van der Waals surface area contributed by atoms with Crippen molar-refractivity contribution in [3.8, 4) is 6.07 Å². The number of carbonyl (C=O) groups is 1. The maximum Gasteiger partial charge on any atom is 0.263 e. The molecule has 1 unspecified atom stereocenters. The second-order valence-corrected chi connectivity index (χ2v) is 6.15. The van der Waals surface area contributed by atoms with Gasteiger partial charge in [-0.1, -0.05) is 31.2 Å². The highest BCUT2D eigenvalue weighted by Gasteiger charge is 2.17. The lowest BCUT2D eigenvalue weighted by atomic mass is 10.0. The van der Waals surface area contributed by atoms with Gasteiger partial charge in [-0.25, -0.2) is 0 Å². The topological polar surface area (TPSA) is 85.2 Å². The molecule has 1 aromatic carbocycles. The molecule has 0 aliphatic rings. The van der Waals surface area contributed by atoms with Crippen molar-refractivity contribution in [3.63, 3.8) is 0 Å². The Balaban J connectivity index is 2.75. The Kier molecular flexibility index (Phi) is 6.80. The van der Waals surface area contributed by atoms with Crippen LogP contribution in [0.4, 0.5) is 0 Å². The largest absolute Gasteiger partial charge is 0.394 e. The molecule has 0 heterocycles. The average molecular weight is 315 g/mol. The third kappa shape index (κ3) is 5.76. The number of nitriles is 1. The van der Waals surface area contributed by atoms with Crippen LogP contribution in [0, 0.1) is 11.3 Å². The van der Waals surface area contributed by atoms with Gasteiger partial charge in [-0.2, -0.15) is 5.26 Å². The number of aliphatic hydroxyl groups is 1. The van der Waals surface area contributed by atoms with Crippen molar-refractivity contribution < 1.29 is 9.90 Å². The van der Waals surface area contributed by atoms with E-state index in [9.17, 15) is 9.90 Å². The van der Waals surface area contributed by atoms with E-state index >= 15 is 0 Å². The van der Waals surface area contributed by atoms with Gasteiger partial charge in [-0.05, 0) is 38.3 Å². The molecule has 1 atom stereocenters. The molecule has 23 heavy (non-hydrogen) atoms. The second kappa shape index (κ2) is 8.35. The maximum absolute atomic E-state index is 12.2. The molecule has 0 aliphatic carbocycles. The summed E-state index contributed by atoms with van der Waals surface area (Å²) >= 11 is 0. The van der Waals surface area contributed by atoms with Crippen molar-refractivity contribution in [3.05, 3.63) is 47.2 Å². The molecule has 0 fully saturated rings. The summed E-state index contributed by atoms with van der Waals surface area (Å²) in [5.41, 5.74) is 1.60. The van der Waals surface area contributed by atoms with Crippen LogP contribution in [0.1, 0.15) is 44.9 Å². The molecule has 1 aromatic rings. The third-order valence-corrected chi connectivity index (χ3v) is 3.60. The number of hydrogen-bond donors (Lipinski definition) is 3. The molecule has 0 aliphatic heterocycles. The SMILES string of the molecule is CCc1ccc(C(C)NC(=O)/C(C#N)=C\NC(C)(C)CO)cc1. The van der Waals surface area contributed by atoms with Gasteiger partial charge < -0.3 is 15.7 Å². The van der Waals surface area contributed by atoms with Crippen LogP contribution in [0.2, 0.25) is 0 Å². The molecule has 3 N–H and O–H groups in total. The zero-order valence-corrected chi connectivity index (χ0v) is 14.2. The summed E-state index contributed by atoms with van der Waals surface area (Å²) in [6.07, 6.45) is 2.31.